The number of halogens is 4. The Morgan fingerprint density at radius 3 is 2.50 bits per heavy atom. The van der Waals surface area contributed by atoms with Crippen molar-refractivity contribution in [2.45, 2.75) is 12.6 Å². The lowest BCUT2D eigenvalue weighted by atomic mass is 10.1. The maximum absolute atomic E-state index is 12.0. The Labute approximate surface area is 121 Å². The number of ether oxygens (including phenoxy) is 1. The minimum atomic E-state index is -4.89. The zero-order valence-corrected chi connectivity index (χ0v) is 12.0. The standard InChI is InChI=1S/C12H11BrF3NO3/c1-20-10(18)8-4-7(5-9(13)6-8)2-3-17-11(19)12(14,15)16/h4-6H,2-3H2,1H3,(H,17,19). The van der Waals surface area contributed by atoms with Crippen molar-refractivity contribution in [1.29, 1.82) is 0 Å². The van der Waals surface area contributed by atoms with Gasteiger partial charge >= 0.3 is 18.1 Å². The van der Waals surface area contributed by atoms with Crippen LogP contribution < -0.4 is 5.32 Å². The van der Waals surface area contributed by atoms with Gasteiger partial charge in [-0.2, -0.15) is 13.2 Å². The van der Waals surface area contributed by atoms with Crippen LogP contribution in [0.4, 0.5) is 13.2 Å². The molecule has 0 aliphatic rings. The molecule has 1 N–H and O–H groups in total. The van der Waals surface area contributed by atoms with Gasteiger partial charge in [-0.05, 0) is 30.2 Å². The summed E-state index contributed by atoms with van der Waals surface area (Å²) in [7, 11) is 1.23. The third kappa shape index (κ3) is 4.84. The van der Waals surface area contributed by atoms with Crippen molar-refractivity contribution in [2.75, 3.05) is 13.7 Å². The number of carbonyl (C=O) groups excluding carboxylic acids is 2. The van der Waals surface area contributed by atoms with Gasteiger partial charge in [0.25, 0.3) is 0 Å². The molecular formula is C12H11BrF3NO3. The number of nitrogens with one attached hydrogen (secondary N) is 1. The van der Waals surface area contributed by atoms with Crippen LogP contribution >= 0.6 is 15.9 Å². The molecule has 0 radical (unpaired) electrons. The number of methoxy groups -OCH3 is 1. The maximum atomic E-state index is 12.0. The number of rotatable bonds is 4. The van der Waals surface area contributed by atoms with Gasteiger partial charge < -0.3 is 10.1 Å². The topological polar surface area (TPSA) is 55.4 Å². The molecule has 0 atom stereocenters. The normalized spacial score (nSPS) is 11.1. The molecule has 0 fully saturated rings. The molecule has 110 valence electrons. The Bertz CT molecular complexity index is 517. The summed E-state index contributed by atoms with van der Waals surface area (Å²) < 4.78 is 41.1. The average molecular weight is 354 g/mol. The van der Waals surface area contributed by atoms with Gasteiger partial charge in [-0.3, -0.25) is 4.79 Å². The zero-order valence-electron chi connectivity index (χ0n) is 10.4. The highest BCUT2D eigenvalue weighted by atomic mass is 79.9. The molecule has 0 spiro atoms. The van der Waals surface area contributed by atoms with Crippen LogP contribution in [-0.2, 0) is 16.0 Å². The summed E-state index contributed by atoms with van der Waals surface area (Å²) in [4.78, 5) is 22.0. The number of amides is 1. The first-order valence-corrected chi connectivity index (χ1v) is 6.26. The van der Waals surface area contributed by atoms with Gasteiger partial charge in [0, 0.05) is 11.0 Å². The highest BCUT2D eigenvalue weighted by Crippen LogP contribution is 2.17. The molecular weight excluding hydrogens is 343 g/mol. The van der Waals surface area contributed by atoms with E-state index in [1.54, 1.807) is 11.4 Å². The molecule has 0 aliphatic carbocycles. The first-order chi connectivity index (χ1) is 9.24. The number of benzene rings is 1. The second-order valence-corrected chi connectivity index (χ2v) is 4.76. The summed E-state index contributed by atoms with van der Waals surface area (Å²) >= 11 is 3.19. The van der Waals surface area contributed by atoms with E-state index in [1.165, 1.54) is 19.2 Å². The number of hydrogen-bond acceptors (Lipinski definition) is 3. The van der Waals surface area contributed by atoms with Crippen molar-refractivity contribution >= 4 is 27.8 Å². The average Bonchev–Trinajstić information content (AvgIpc) is 2.35. The summed E-state index contributed by atoms with van der Waals surface area (Å²) in [6, 6.07) is 4.67. The van der Waals surface area contributed by atoms with E-state index >= 15 is 0 Å². The van der Waals surface area contributed by atoms with E-state index in [9.17, 15) is 22.8 Å². The molecule has 8 heteroatoms. The molecule has 0 unspecified atom stereocenters. The van der Waals surface area contributed by atoms with Crippen molar-refractivity contribution in [3.63, 3.8) is 0 Å². The second kappa shape index (κ2) is 6.74. The van der Waals surface area contributed by atoms with Gasteiger partial charge in [0.2, 0.25) is 0 Å². The van der Waals surface area contributed by atoms with E-state index in [1.807, 2.05) is 0 Å². The Kier molecular flexibility index (Phi) is 5.55. The molecule has 4 nitrogen and oxygen atoms in total. The molecule has 1 aromatic carbocycles. The van der Waals surface area contributed by atoms with E-state index < -0.39 is 18.1 Å². The maximum Gasteiger partial charge on any atom is 0.471 e. The van der Waals surface area contributed by atoms with Gasteiger partial charge in [-0.15, -0.1) is 0 Å². The van der Waals surface area contributed by atoms with E-state index in [2.05, 4.69) is 20.7 Å². The van der Waals surface area contributed by atoms with Gasteiger partial charge in [-0.25, -0.2) is 4.79 Å². The van der Waals surface area contributed by atoms with Crippen LogP contribution in [0.1, 0.15) is 15.9 Å². The van der Waals surface area contributed by atoms with Crippen LogP contribution in [0.25, 0.3) is 0 Å². The summed E-state index contributed by atoms with van der Waals surface area (Å²) in [5.41, 5.74) is 0.876. The van der Waals surface area contributed by atoms with Gasteiger partial charge in [0.1, 0.15) is 0 Å². The molecule has 0 heterocycles. The van der Waals surface area contributed by atoms with Crippen molar-refractivity contribution < 1.29 is 27.5 Å². The lowest BCUT2D eigenvalue weighted by Crippen LogP contribution is -2.37. The highest BCUT2D eigenvalue weighted by molar-refractivity contribution is 9.10. The van der Waals surface area contributed by atoms with Crippen molar-refractivity contribution in [2.24, 2.45) is 0 Å². The monoisotopic (exact) mass is 353 g/mol. The largest absolute Gasteiger partial charge is 0.471 e. The van der Waals surface area contributed by atoms with E-state index in [4.69, 9.17) is 0 Å². The van der Waals surface area contributed by atoms with Gasteiger partial charge in [-0.1, -0.05) is 15.9 Å². The molecule has 0 saturated heterocycles. The molecule has 0 saturated carbocycles. The van der Waals surface area contributed by atoms with Gasteiger partial charge in [0.05, 0.1) is 12.7 Å². The molecule has 20 heavy (non-hydrogen) atoms. The smallest absolute Gasteiger partial charge is 0.465 e. The summed E-state index contributed by atoms with van der Waals surface area (Å²) in [5.74, 6) is -2.53. The lowest BCUT2D eigenvalue weighted by Gasteiger charge is -2.09. The third-order valence-electron chi connectivity index (χ3n) is 2.34. The fourth-order valence-electron chi connectivity index (χ4n) is 1.45. The van der Waals surface area contributed by atoms with Crippen LogP contribution in [0.15, 0.2) is 22.7 Å². The summed E-state index contributed by atoms with van der Waals surface area (Å²) in [5, 5.41) is 1.76. The Morgan fingerprint density at radius 2 is 1.95 bits per heavy atom. The summed E-state index contributed by atoms with van der Waals surface area (Å²) in [6.07, 6.45) is -4.74. The summed E-state index contributed by atoms with van der Waals surface area (Å²) in [6.45, 7) is -0.185. The molecule has 1 rings (SSSR count). The highest BCUT2D eigenvalue weighted by Gasteiger charge is 2.38. The molecule has 0 aromatic heterocycles. The van der Waals surface area contributed by atoms with Gasteiger partial charge in [0.15, 0.2) is 0 Å². The van der Waals surface area contributed by atoms with Crippen molar-refractivity contribution in [3.05, 3.63) is 33.8 Å². The first kappa shape index (κ1) is 16.5. The predicted molar refractivity (Wildman–Crippen MR) is 68.3 cm³/mol. The van der Waals surface area contributed by atoms with Crippen LogP contribution in [0, 0.1) is 0 Å². The molecule has 1 amide bonds. The van der Waals surface area contributed by atoms with E-state index in [0.29, 0.717) is 10.0 Å². The van der Waals surface area contributed by atoms with Crippen molar-refractivity contribution in [3.8, 4) is 0 Å². The number of alkyl halides is 3. The van der Waals surface area contributed by atoms with Crippen LogP contribution in [0.5, 0.6) is 0 Å². The lowest BCUT2D eigenvalue weighted by molar-refractivity contribution is -0.173. The van der Waals surface area contributed by atoms with Crippen LogP contribution in [0.3, 0.4) is 0 Å². The minimum absolute atomic E-state index is 0.158. The molecule has 1 aromatic rings. The quantitative estimate of drug-likeness (QED) is 0.846. The Morgan fingerprint density at radius 1 is 1.30 bits per heavy atom. The number of carbonyl (C=O) groups is 2. The Balaban J connectivity index is 2.67. The fourth-order valence-corrected chi connectivity index (χ4v) is 1.99. The molecule has 0 aliphatic heterocycles. The predicted octanol–water partition coefficient (Wildman–Crippen LogP) is 2.46. The SMILES string of the molecule is COC(=O)c1cc(Br)cc(CCNC(=O)C(F)(F)F)c1. The minimum Gasteiger partial charge on any atom is -0.465 e. The number of esters is 1. The first-order valence-electron chi connectivity index (χ1n) is 5.47. The van der Waals surface area contributed by atoms with Crippen LogP contribution in [0.2, 0.25) is 0 Å². The van der Waals surface area contributed by atoms with E-state index in [-0.39, 0.29) is 18.5 Å². The second-order valence-electron chi connectivity index (χ2n) is 3.84. The third-order valence-corrected chi connectivity index (χ3v) is 2.79. The Hall–Kier alpha value is -1.57. The van der Waals surface area contributed by atoms with Crippen LogP contribution in [-0.4, -0.2) is 31.7 Å². The molecule has 0 bridgehead atoms. The number of hydrogen-bond donors (Lipinski definition) is 1. The zero-order chi connectivity index (χ0) is 15.3. The fraction of sp³-hybridized carbons (Fsp3) is 0.333. The van der Waals surface area contributed by atoms with Crippen molar-refractivity contribution in [1.82, 2.24) is 5.32 Å². The van der Waals surface area contributed by atoms with E-state index in [0.717, 1.165) is 0 Å².